The van der Waals surface area contributed by atoms with E-state index in [1.807, 2.05) is 30.3 Å². The lowest BCUT2D eigenvalue weighted by Crippen LogP contribution is -2.20. The van der Waals surface area contributed by atoms with E-state index in [-0.39, 0.29) is 0 Å². The molecular weight excluding hydrogens is 180 g/mol. The number of nitrogens with one attached hydrogen (secondary N) is 1. The Balaban J connectivity index is 2.31. The van der Waals surface area contributed by atoms with Crippen LogP contribution in [0.15, 0.2) is 35.3 Å². The number of carbonyl (C=O) groups excluding carboxylic acids is 1. The van der Waals surface area contributed by atoms with E-state index in [4.69, 9.17) is 0 Å². The second-order valence-corrected chi connectivity index (χ2v) is 2.59. The molecule has 1 rings (SSSR count). The van der Waals surface area contributed by atoms with Gasteiger partial charge >= 0.3 is 6.09 Å². The summed E-state index contributed by atoms with van der Waals surface area (Å²) in [6.45, 7) is 0.546. The van der Waals surface area contributed by atoms with Gasteiger partial charge in [-0.3, -0.25) is 10.3 Å². The van der Waals surface area contributed by atoms with Crippen LogP contribution in [0.25, 0.3) is 0 Å². The van der Waals surface area contributed by atoms with E-state index in [0.29, 0.717) is 6.54 Å². The van der Waals surface area contributed by atoms with E-state index in [1.165, 1.54) is 13.4 Å². The molecule has 0 saturated heterocycles. The maximum atomic E-state index is 10.6. The van der Waals surface area contributed by atoms with Crippen molar-refractivity contribution in [2.24, 2.45) is 4.99 Å². The van der Waals surface area contributed by atoms with Gasteiger partial charge in [-0.05, 0) is 5.56 Å². The highest BCUT2D eigenvalue weighted by atomic mass is 16.5. The summed E-state index contributed by atoms with van der Waals surface area (Å²) in [5.41, 5.74) is 1.09. The number of rotatable bonds is 3. The molecule has 4 heteroatoms. The second kappa shape index (κ2) is 5.75. The van der Waals surface area contributed by atoms with Crippen LogP contribution in [0.4, 0.5) is 4.79 Å². The average molecular weight is 192 g/mol. The molecule has 0 aliphatic heterocycles. The number of alkyl carbamates (subject to hydrolysis) is 1. The van der Waals surface area contributed by atoms with Crippen LogP contribution in [0.2, 0.25) is 0 Å². The Morgan fingerprint density at radius 3 is 2.86 bits per heavy atom. The van der Waals surface area contributed by atoms with Gasteiger partial charge in [0.1, 0.15) is 0 Å². The summed E-state index contributed by atoms with van der Waals surface area (Å²) >= 11 is 0. The SMILES string of the molecule is COC(=O)NC=NCc1ccccc1. The smallest absolute Gasteiger partial charge is 0.412 e. The lowest BCUT2D eigenvalue weighted by atomic mass is 10.2. The summed E-state index contributed by atoms with van der Waals surface area (Å²) in [5, 5.41) is 2.35. The van der Waals surface area contributed by atoms with Gasteiger partial charge in [0.2, 0.25) is 0 Å². The highest BCUT2D eigenvalue weighted by molar-refractivity contribution is 5.81. The van der Waals surface area contributed by atoms with E-state index in [2.05, 4.69) is 15.0 Å². The first-order chi connectivity index (χ1) is 6.83. The van der Waals surface area contributed by atoms with Crippen molar-refractivity contribution < 1.29 is 9.53 Å². The molecule has 0 atom stereocenters. The van der Waals surface area contributed by atoms with Gasteiger partial charge in [0, 0.05) is 0 Å². The Kier molecular flexibility index (Phi) is 4.20. The molecular formula is C10H12N2O2. The molecule has 0 aliphatic rings. The number of ether oxygens (including phenoxy) is 1. The Morgan fingerprint density at radius 1 is 1.50 bits per heavy atom. The van der Waals surface area contributed by atoms with E-state index in [0.717, 1.165) is 5.56 Å². The van der Waals surface area contributed by atoms with Crippen molar-refractivity contribution in [3.8, 4) is 0 Å². The van der Waals surface area contributed by atoms with E-state index < -0.39 is 6.09 Å². The summed E-state index contributed by atoms with van der Waals surface area (Å²) in [5.74, 6) is 0. The minimum Gasteiger partial charge on any atom is -0.453 e. The maximum absolute atomic E-state index is 10.6. The van der Waals surface area contributed by atoms with Crippen LogP contribution >= 0.6 is 0 Å². The third kappa shape index (κ3) is 3.71. The van der Waals surface area contributed by atoms with Crippen molar-refractivity contribution in [3.05, 3.63) is 35.9 Å². The van der Waals surface area contributed by atoms with Crippen molar-refractivity contribution in [3.63, 3.8) is 0 Å². The molecule has 1 aromatic carbocycles. The van der Waals surface area contributed by atoms with Crippen LogP contribution in [0.5, 0.6) is 0 Å². The van der Waals surface area contributed by atoms with Gasteiger partial charge in [0.25, 0.3) is 0 Å². The fourth-order valence-corrected chi connectivity index (χ4v) is 0.892. The molecule has 74 valence electrons. The largest absolute Gasteiger partial charge is 0.453 e. The lowest BCUT2D eigenvalue weighted by Gasteiger charge is -1.96. The van der Waals surface area contributed by atoms with Gasteiger partial charge < -0.3 is 4.74 Å². The molecule has 0 aromatic heterocycles. The number of nitrogens with zero attached hydrogens (tertiary/aromatic N) is 1. The number of amides is 1. The molecule has 0 unspecified atom stereocenters. The van der Waals surface area contributed by atoms with Crippen molar-refractivity contribution in [2.75, 3.05) is 7.11 Å². The fraction of sp³-hybridized carbons (Fsp3) is 0.200. The summed E-state index contributed by atoms with van der Waals surface area (Å²) < 4.78 is 4.36. The summed E-state index contributed by atoms with van der Waals surface area (Å²) in [6.07, 6.45) is 0.820. The first kappa shape index (κ1) is 10.2. The number of hydrogen-bond acceptors (Lipinski definition) is 3. The highest BCUT2D eigenvalue weighted by Crippen LogP contribution is 1.98. The number of hydrogen-bond donors (Lipinski definition) is 1. The number of benzene rings is 1. The zero-order valence-electron chi connectivity index (χ0n) is 7.93. The van der Waals surface area contributed by atoms with Crippen LogP contribution in [0, 0.1) is 0 Å². The van der Waals surface area contributed by atoms with Gasteiger partial charge in [-0.1, -0.05) is 30.3 Å². The molecule has 14 heavy (non-hydrogen) atoms. The molecule has 1 amide bonds. The molecule has 0 spiro atoms. The fourth-order valence-electron chi connectivity index (χ4n) is 0.892. The molecule has 0 bridgehead atoms. The standard InChI is InChI=1S/C10H12N2O2/c1-14-10(13)12-8-11-7-9-5-3-2-4-6-9/h2-6,8H,7H2,1H3,(H,11,12,13). The van der Waals surface area contributed by atoms with Crippen LogP contribution in [-0.4, -0.2) is 19.5 Å². The minimum atomic E-state index is -0.512. The normalized spacial score (nSPS) is 10.1. The average Bonchev–Trinajstić information content (AvgIpc) is 2.25. The zero-order chi connectivity index (χ0) is 10.2. The molecule has 0 saturated carbocycles. The van der Waals surface area contributed by atoms with Crippen molar-refractivity contribution in [2.45, 2.75) is 6.54 Å². The summed E-state index contributed by atoms with van der Waals surface area (Å²) in [7, 11) is 1.31. The Labute approximate surface area is 82.6 Å². The number of carbonyl (C=O) groups is 1. The Bertz CT molecular complexity index is 309. The lowest BCUT2D eigenvalue weighted by molar-refractivity contribution is 0.177. The monoisotopic (exact) mass is 192 g/mol. The zero-order valence-corrected chi connectivity index (χ0v) is 7.93. The van der Waals surface area contributed by atoms with Crippen LogP contribution in [0.3, 0.4) is 0 Å². The second-order valence-electron chi connectivity index (χ2n) is 2.59. The molecule has 0 fully saturated rings. The van der Waals surface area contributed by atoms with Crippen LogP contribution in [-0.2, 0) is 11.3 Å². The minimum absolute atomic E-state index is 0.512. The first-order valence-corrected chi connectivity index (χ1v) is 4.19. The van der Waals surface area contributed by atoms with Gasteiger partial charge in [-0.25, -0.2) is 4.79 Å². The predicted octanol–water partition coefficient (Wildman–Crippen LogP) is 1.57. The summed E-state index contributed by atoms with van der Waals surface area (Å²) in [4.78, 5) is 14.6. The molecule has 1 N–H and O–H groups in total. The van der Waals surface area contributed by atoms with E-state index >= 15 is 0 Å². The van der Waals surface area contributed by atoms with Gasteiger partial charge in [-0.2, -0.15) is 0 Å². The topological polar surface area (TPSA) is 50.7 Å². The van der Waals surface area contributed by atoms with Crippen LogP contribution in [0.1, 0.15) is 5.56 Å². The van der Waals surface area contributed by atoms with E-state index in [1.54, 1.807) is 0 Å². The van der Waals surface area contributed by atoms with Crippen molar-refractivity contribution in [1.29, 1.82) is 0 Å². The highest BCUT2D eigenvalue weighted by Gasteiger charge is 1.91. The van der Waals surface area contributed by atoms with Gasteiger partial charge in [0.15, 0.2) is 0 Å². The van der Waals surface area contributed by atoms with Crippen molar-refractivity contribution >= 4 is 12.4 Å². The van der Waals surface area contributed by atoms with Crippen molar-refractivity contribution in [1.82, 2.24) is 5.32 Å². The molecule has 0 aliphatic carbocycles. The predicted molar refractivity (Wildman–Crippen MR) is 54.2 cm³/mol. The first-order valence-electron chi connectivity index (χ1n) is 4.19. The summed E-state index contributed by atoms with van der Waals surface area (Å²) in [6, 6.07) is 9.77. The molecule has 4 nitrogen and oxygen atoms in total. The Hall–Kier alpha value is -1.84. The third-order valence-electron chi connectivity index (χ3n) is 1.58. The third-order valence-corrected chi connectivity index (χ3v) is 1.58. The molecule has 0 heterocycles. The van der Waals surface area contributed by atoms with Gasteiger partial charge in [0.05, 0.1) is 20.0 Å². The molecule has 1 aromatic rings. The Morgan fingerprint density at radius 2 is 2.21 bits per heavy atom. The van der Waals surface area contributed by atoms with Crippen LogP contribution < -0.4 is 5.32 Å². The quantitative estimate of drug-likeness (QED) is 0.583. The maximum Gasteiger partial charge on any atom is 0.412 e. The van der Waals surface area contributed by atoms with Gasteiger partial charge in [-0.15, -0.1) is 0 Å². The molecule has 0 radical (unpaired) electrons. The number of aliphatic imine (C=N–C) groups is 1. The van der Waals surface area contributed by atoms with E-state index in [9.17, 15) is 4.79 Å². The number of methoxy groups -OCH3 is 1.